The van der Waals surface area contributed by atoms with Crippen LogP contribution in [0, 0.1) is 11.8 Å². The topological polar surface area (TPSA) is 81.1 Å². The van der Waals surface area contributed by atoms with Gasteiger partial charge < -0.3 is 20.0 Å². The van der Waals surface area contributed by atoms with Crippen LogP contribution in [0.4, 0.5) is 4.79 Å². The van der Waals surface area contributed by atoms with E-state index in [9.17, 15) is 14.7 Å². The van der Waals surface area contributed by atoms with Crippen LogP contribution in [0.1, 0.15) is 6.42 Å². The summed E-state index contributed by atoms with van der Waals surface area (Å²) < 4.78 is 0. The van der Waals surface area contributed by atoms with E-state index < -0.39 is 12.2 Å². The second kappa shape index (κ2) is 3.10. The number of aliphatic hydroxyl groups excluding tert-OH is 1. The number of nitrogens with zero attached hydrogens (tertiary/aromatic N) is 2. The smallest absolute Gasteiger partial charge is 0.407 e. The van der Waals surface area contributed by atoms with Gasteiger partial charge in [-0.25, -0.2) is 4.79 Å². The fourth-order valence-electron chi connectivity index (χ4n) is 3.10. The molecule has 0 spiro atoms. The molecule has 2 heterocycles. The van der Waals surface area contributed by atoms with E-state index in [4.69, 9.17) is 5.11 Å². The molecule has 0 radical (unpaired) electrons. The molecule has 2 amide bonds. The maximum absolute atomic E-state index is 11.6. The van der Waals surface area contributed by atoms with Crippen LogP contribution >= 0.6 is 0 Å². The summed E-state index contributed by atoms with van der Waals surface area (Å²) in [6, 6.07) is 0.181. The van der Waals surface area contributed by atoms with E-state index in [0.29, 0.717) is 37.9 Å². The molecule has 6 nitrogen and oxygen atoms in total. The molecule has 1 saturated carbocycles. The first-order chi connectivity index (χ1) is 7.59. The maximum atomic E-state index is 11.6. The Morgan fingerprint density at radius 2 is 1.94 bits per heavy atom. The molecule has 88 valence electrons. The third-order valence-corrected chi connectivity index (χ3v) is 3.99. The summed E-state index contributed by atoms with van der Waals surface area (Å²) in [5.41, 5.74) is 0. The fraction of sp³-hybridized carbons (Fsp3) is 0.800. The number of rotatable bonds is 1. The Bertz CT molecular complexity index is 347. The minimum atomic E-state index is -0.876. The van der Waals surface area contributed by atoms with E-state index in [1.165, 1.54) is 4.90 Å². The summed E-state index contributed by atoms with van der Waals surface area (Å²) >= 11 is 0. The van der Waals surface area contributed by atoms with Crippen LogP contribution in [0.5, 0.6) is 0 Å². The summed E-state index contributed by atoms with van der Waals surface area (Å²) in [5, 5.41) is 18.2. The molecule has 0 bridgehead atoms. The molecule has 4 atom stereocenters. The molecule has 2 N–H and O–H groups in total. The lowest BCUT2D eigenvalue weighted by atomic mass is 10.3. The molecule has 1 unspecified atom stereocenters. The Kier molecular flexibility index (Phi) is 1.92. The van der Waals surface area contributed by atoms with Crippen LogP contribution in [0.2, 0.25) is 0 Å². The molecule has 6 heteroatoms. The Hall–Kier alpha value is -1.30. The molecule has 3 rings (SSSR count). The average molecular weight is 226 g/mol. The lowest BCUT2D eigenvalue weighted by molar-refractivity contribution is -0.135. The van der Waals surface area contributed by atoms with Crippen molar-refractivity contribution in [2.24, 2.45) is 11.8 Å². The lowest BCUT2D eigenvalue weighted by Gasteiger charge is -2.22. The molecule has 0 aromatic carbocycles. The molecule has 0 aromatic heterocycles. The molecule has 2 saturated heterocycles. The van der Waals surface area contributed by atoms with Gasteiger partial charge in [0, 0.05) is 37.5 Å². The molecular weight excluding hydrogens is 212 g/mol. The largest absolute Gasteiger partial charge is 0.465 e. The van der Waals surface area contributed by atoms with E-state index in [1.807, 2.05) is 0 Å². The fourth-order valence-corrected chi connectivity index (χ4v) is 3.10. The number of carboxylic acid groups (broad SMARTS) is 1. The summed E-state index contributed by atoms with van der Waals surface area (Å²) in [6.07, 6.45) is -1.20. The zero-order valence-electron chi connectivity index (χ0n) is 8.74. The van der Waals surface area contributed by atoms with Crippen LogP contribution < -0.4 is 0 Å². The number of likely N-dealkylation sites (tertiary alicyclic amines) is 2. The van der Waals surface area contributed by atoms with Crippen LogP contribution in [-0.2, 0) is 4.79 Å². The number of fused-ring (bicyclic) bond motifs is 1. The monoisotopic (exact) mass is 226 g/mol. The first kappa shape index (κ1) is 9.89. The van der Waals surface area contributed by atoms with Gasteiger partial charge in [0.25, 0.3) is 5.91 Å². The van der Waals surface area contributed by atoms with Crippen LogP contribution in [-0.4, -0.2) is 63.8 Å². The second-order valence-electron chi connectivity index (χ2n) is 4.84. The highest BCUT2D eigenvalue weighted by Crippen LogP contribution is 2.49. The average Bonchev–Trinajstić information content (AvgIpc) is 2.61. The zero-order chi connectivity index (χ0) is 11.4. The van der Waals surface area contributed by atoms with Gasteiger partial charge in [-0.05, 0) is 6.42 Å². The third kappa shape index (κ3) is 1.22. The van der Waals surface area contributed by atoms with Crippen LogP contribution in [0.25, 0.3) is 0 Å². The van der Waals surface area contributed by atoms with Crippen LogP contribution in [0.3, 0.4) is 0 Å². The van der Waals surface area contributed by atoms with Crippen molar-refractivity contribution < 1.29 is 19.8 Å². The van der Waals surface area contributed by atoms with Gasteiger partial charge in [-0.2, -0.15) is 0 Å². The van der Waals surface area contributed by atoms with Crippen molar-refractivity contribution in [2.45, 2.75) is 18.6 Å². The van der Waals surface area contributed by atoms with Crippen molar-refractivity contribution in [3.63, 3.8) is 0 Å². The number of carbonyl (C=O) groups is 2. The number of hydrogen-bond donors (Lipinski definition) is 2. The van der Waals surface area contributed by atoms with Gasteiger partial charge in [0.1, 0.15) is 6.10 Å². The van der Waals surface area contributed by atoms with Crippen molar-refractivity contribution in [2.75, 3.05) is 19.6 Å². The Morgan fingerprint density at radius 3 is 2.38 bits per heavy atom. The first-order valence-corrected chi connectivity index (χ1v) is 5.56. The summed E-state index contributed by atoms with van der Waals surface area (Å²) in [5.74, 6) is 0.414. The van der Waals surface area contributed by atoms with Crippen molar-refractivity contribution in [3.8, 4) is 0 Å². The van der Waals surface area contributed by atoms with Crippen molar-refractivity contribution in [1.82, 2.24) is 9.80 Å². The SMILES string of the molecule is O=C(O)N1C[C@@H]2C(N3CC[C@@H](O)C3=O)[C@@H]2C1. The zero-order valence-corrected chi connectivity index (χ0v) is 8.74. The molecule has 3 fully saturated rings. The van der Waals surface area contributed by atoms with Gasteiger partial charge in [0.15, 0.2) is 0 Å². The normalized spacial score (nSPS) is 41.4. The lowest BCUT2D eigenvalue weighted by Crippen LogP contribution is -2.38. The second-order valence-corrected chi connectivity index (χ2v) is 4.84. The van der Waals surface area contributed by atoms with E-state index in [2.05, 4.69) is 0 Å². The maximum Gasteiger partial charge on any atom is 0.407 e. The number of amides is 2. The van der Waals surface area contributed by atoms with Crippen molar-refractivity contribution in [3.05, 3.63) is 0 Å². The highest BCUT2D eigenvalue weighted by Gasteiger charge is 2.61. The minimum absolute atomic E-state index is 0.179. The van der Waals surface area contributed by atoms with Crippen molar-refractivity contribution in [1.29, 1.82) is 0 Å². The summed E-state index contributed by atoms with van der Waals surface area (Å²) in [6.45, 7) is 1.68. The van der Waals surface area contributed by atoms with Gasteiger partial charge in [-0.1, -0.05) is 0 Å². The molecule has 1 aliphatic carbocycles. The molecule has 0 aromatic rings. The Morgan fingerprint density at radius 1 is 1.31 bits per heavy atom. The summed E-state index contributed by atoms with van der Waals surface area (Å²) in [4.78, 5) is 25.4. The number of carbonyl (C=O) groups excluding carboxylic acids is 1. The highest BCUT2D eigenvalue weighted by molar-refractivity contribution is 5.83. The molecule has 16 heavy (non-hydrogen) atoms. The standard InChI is InChI=1S/C10H14N2O4/c13-7-1-2-12(9(7)14)8-5-3-11(10(15)16)4-6(5)8/h5-8,13H,1-4H2,(H,15,16)/t5-,6+,7-,8?/m1/s1. The van der Waals surface area contributed by atoms with E-state index >= 15 is 0 Å². The number of piperidine rings is 1. The Balaban J connectivity index is 1.63. The summed E-state index contributed by atoms with van der Waals surface area (Å²) in [7, 11) is 0. The van der Waals surface area contributed by atoms with Gasteiger partial charge in [0.05, 0.1) is 0 Å². The Labute approximate surface area is 92.4 Å². The minimum Gasteiger partial charge on any atom is -0.465 e. The number of aliphatic hydroxyl groups is 1. The van der Waals surface area contributed by atoms with Crippen LogP contribution in [0.15, 0.2) is 0 Å². The third-order valence-electron chi connectivity index (χ3n) is 3.99. The first-order valence-electron chi connectivity index (χ1n) is 5.56. The van der Waals surface area contributed by atoms with Gasteiger partial charge in [-0.3, -0.25) is 4.79 Å². The van der Waals surface area contributed by atoms with E-state index in [0.717, 1.165) is 0 Å². The molecule has 2 aliphatic heterocycles. The van der Waals surface area contributed by atoms with E-state index in [-0.39, 0.29) is 11.9 Å². The molecular formula is C10H14N2O4. The van der Waals surface area contributed by atoms with Gasteiger partial charge in [0.2, 0.25) is 0 Å². The van der Waals surface area contributed by atoms with E-state index in [1.54, 1.807) is 4.90 Å². The van der Waals surface area contributed by atoms with Gasteiger partial charge in [-0.15, -0.1) is 0 Å². The molecule has 3 aliphatic rings. The van der Waals surface area contributed by atoms with Crippen molar-refractivity contribution >= 4 is 12.0 Å². The predicted octanol–water partition coefficient (Wildman–Crippen LogP) is -0.812. The quantitative estimate of drug-likeness (QED) is 0.612. The highest BCUT2D eigenvalue weighted by atomic mass is 16.4. The predicted molar refractivity (Wildman–Crippen MR) is 52.7 cm³/mol. The number of hydrogen-bond acceptors (Lipinski definition) is 3. The van der Waals surface area contributed by atoms with Gasteiger partial charge >= 0.3 is 6.09 Å².